The van der Waals surface area contributed by atoms with Crippen LogP contribution >= 0.6 is 11.3 Å². The topological polar surface area (TPSA) is 95.2 Å². The van der Waals surface area contributed by atoms with Crippen molar-refractivity contribution in [2.75, 3.05) is 23.7 Å². The summed E-state index contributed by atoms with van der Waals surface area (Å²) >= 11 is 1.28. The number of carbonyl (C=O) groups is 2. The molecule has 2 heterocycles. The van der Waals surface area contributed by atoms with E-state index in [2.05, 4.69) is 53.1 Å². The Hall–Kier alpha value is -3.23. The zero-order chi connectivity index (χ0) is 25.0. The van der Waals surface area contributed by atoms with Crippen molar-refractivity contribution in [2.24, 2.45) is 0 Å². The number of para-hydroxylation sites is 1. The van der Waals surface area contributed by atoms with E-state index in [1.54, 1.807) is 18.3 Å². The number of carbonyl (C=O) groups excluding carboxylic acids is 2. The molecule has 1 saturated heterocycles. The SMILES string of the molecule is Cc1cccc(C(C)(C)C)c1NC(=O)c1cnc(Nc2cccc(C(=O)NC3CCNCC3)c2)s1. The van der Waals surface area contributed by atoms with E-state index >= 15 is 0 Å². The summed E-state index contributed by atoms with van der Waals surface area (Å²) in [5.74, 6) is -0.266. The molecule has 1 fully saturated rings. The van der Waals surface area contributed by atoms with Crippen LogP contribution in [0.5, 0.6) is 0 Å². The lowest BCUT2D eigenvalue weighted by Crippen LogP contribution is -2.42. The first-order valence-corrected chi connectivity index (χ1v) is 12.8. The second-order valence-electron chi connectivity index (χ2n) is 9.93. The maximum Gasteiger partial charge on any atom is 0.267 e. The number of aryl methyl sites for hydroxylation is 1. The van der Waals surface area contributed by atoms with E-state index < -0.39 is 0 Å². The van der Waals surface area contributed by atoms with Crippen molar-refractivity contribution >= 4 is 39.7 Å². The van der Waals surface area contributed by atoms with Gasteiger partial charge in [-0.1, -0.05) is 56.4 Å². The Morgan fingerprint density at radius 1 is 1.06 bits per heavy atom. The molecule has 2 aromatic carbocycles. The van der Waals surface area contributed by atoms with Crippen molar-refractivity contribution in [3.8, 4) is 0 Å². The minimum absolute atomic E-state index is 0.0763. The molecule has 8 heteroatoms. The number of hydrogen-bond acceptors (Lipinski definition) is 6. The van der Waals surface area contributed by atoms with Crippen LogP contribution in [-0.2, 0) is 5.41 Å². The Bertz CT molecular complexity index is 1210. The van der Waals surface area contributed by atoms with E-state index in [4.69, 9.17) is 0 Å². The molecule has 0 saturated carbocycles. The molecule has 1 aliphatic rings. The largest absolute Gasteiger partial charge is 0.349 e. The number of piperidine rings is 1. The summed E-state index contributed by atoms with van der Waals surface area (Å²) in [6.45, 7) is 10.2. The Labute approximate surface area is 210 Å². The van der Waals surface area contributed by atoms with Gasteiger partial charge in [0, 0.05) is 23.0 Å². The van der Waals surface area contributed by atoms with Gasteiger partial charge in [0.1, 0.15) is 4.88 Å². The highest BCUT2D eigenvalue weighted by Crippen LogP contribution is 2.33. The Kier molecular flexibility index (Phi) is 7.52. The standard InChI is InChI=1S/C27H33N5O2S/c1-17-7-5-10-21(27(2,3)4)23(17)32-25(34)22-16-29-26(35-22)31-20-9-6-8-18(15-20)24(33)30-19-11-13-28-14-12-19/h5-10,15-16,19,28H,11-14H2,1-4H3,(H,29,31)(H,30,33)(H,32,34). The van der Waals surface area contributed by atoms with Crippen LogP contribution in [-0.4, -0.2) is 35.9 Å². The number of aromatic nitrogens is 1. The van der Waals surface area contributed by atoms with E-state index in [9.17, 15) is 9.59 Å². The fourth-order valence-electron chi connectivity index (χ4n) is 4.17. The number of thiazole rings is 1. The molecule has 7 nitrogen and oxygen atoms in total. The van der Waals surface area contributed by atoms with Gasteiger partial charge >= 0.3 is 0 Å². The third-order valence-corrected chi connectivity index (χ3v) is 7.01. The number of nitrogens with one attached hydrogen (secondary N) is 4. The van der Waals surface area contributed by atoms with Gasteiger partial charge in [-0.25, -0.2) is 4.98 Å². The van der Waals surface area contributed by atoms with Crippen molar-refractivity contribution < 1.29 is 9.59 Å². The van der Waals surface area contributed by atoms with Crippen LogP contribution < -0.4 is 21.3 Å². The summed E-state index contributed by atoms with van der Waals surface area (Å²) in [6, 6.07) is 13.6. The minimum Gasteiger partial charge on any atom is -0.349 e. The second kappa shape index (κ2) is 10.6. The Balaban J connectivity index is 1.43. The van der Waals surface area contributed by atoms with Crippen molar-refractivity contribution in [3.05, 3.63) is 70.2 Å². The highest BCUT2D eigenvalue weighted by atomic mass is 32.1. The molecular weight excluding hydrogens is 458 g/mol. The van der Waals surface area contributed by atoms with Crippen molar-refractivity contribution in [1.29, 1.82) is 0 Å². The van der Waals surface area contributed by atoms with Crippen LogP contribution in [0.15, 0.2) is 48.7 Å². The highest BCUT2D eigenvalue weighted by Gasteiger charge is 2.22. The van der Waals surface area contributed by atoms with Gasteiger partial charge in [-0.05, 0) is 67.6 Å². The molecule has 4 N–H and O–H groups in total. The summed E-state index contributed by atoms with van der Waals surface area (Å²) in [7, 11) is 0. The number of nitrogens with zero attached hydrogens (tertiary/aromatic N) is 1. The second-order valence-corrected chi connectivity index (χ2v) is 11.0. The lowest BCUT2D eigenvalue weighted by atomic mass is 9.84. The molecule has 0 bridgehead atoms. The van der Waals surface area contributed by atoms with Crippen molar-refractivity contribution in [3.63, 3.8) is 0 Å². The fraction of sp³-hybridized carbons (Fsp3) is 0.370. The maximum atomic E-state index is 13.0. The van der Waals surface area contributed by atoms with E-state index in [0.717, 1.165) is 48.4 Å². The average Bonchev–Trinajstić information content (AvgIpc) is 3.29. The molecule has 0 unspecified atom stereocenters. The third kappa shape index (κ3) is 6.26. The lowest BCUT2D eigenvalue weighted by molar-refractivity contribution is 0.0929. The van der Waals surface area contributed by atoms with Gasteiger partial charge in [0.15, 0.2) is 5.13 Å². The van der Waals surface area contributed by atoms with Crippen LogP contribution in [0, 0.1) is 6.92 Å². The predicted octanol–water partition coefficient (Wildman–Crippen LogP) is 5.23. The summed E-state index contributed by atoms with van der Waals surface area (Å²) in [4.78, 5) is 30.6. The van der Waals surface area contributed by atoms with Gasteiger partial charge in [-0.3, -0.25) is 9.59 Å². The lowest BCUT2D eigenvalue weighted by Gasteiger charge is -2.24. The number of benzene rings is 2. The highest BCUT2D eigenvalue weighted by molar-refractivity contribution is 7.17. The van der Waals surface area contributed by atoms with Crippen LogP contribution in [0.2, 0.25) is 0 Å². The Morgan fingerprint density at radius 3 is 2.54 bits per heavy atom. The number of rotatable bonds is 6. The molecule has 1 aliphatic heterocycles. The third-order valence-electron chi connectivity index (χ3n) is 6.10. The molecule has 0 radical (unpaired) electrons. The fourth-order valence-corrected chi connectivity index (χ4v) is 4.90. The number of anilines is 3. The average molecular weight is 492 g/mol. The number of hydrogen-bond donors (Lipinski definition) is 4. The molecule has 0 atom stereocenters. The maximum absolute atomic E-state index is 13.0. The molecular formula is C27H33N5O2S. The molecule has 4 rings (SSSR count). The van der Waals surface area contributed by atoms with Crippen molar-refractivity contribution in [2.45, 2.75) is 52.0 Å². The van der Waals surface area contributed by atoms with Gasteiger partial charge in [0.05, 0.1) is 6.20 Å². The summed E-state index contributed by atoms with van der Waals surface area (Å²) in [6.07, 6.45) is 3.45. The van der Waals surface area contributed by atoms with E-state index in [-0.39, 0.29) is 23.3 Å². The van der Waals surface area contributed by atoms with Gasteiger partial charge in [-0.2, -0.15) is 0 Å². The van der Waals surface area contributed by atoms with Gasteiger partial charge < -0.3 is 21.3 Å². The molecule has 1 aromatic heterocycles. The molecule has 184 valence electrons. The monoisotopic (exact) mass is 491 g/mol. The first kappa shape index (κ1) is 24.9. The number of amides is 2. The first-order valence-electron chi connectivity index (χ1n) is 12.0. The zero-order valence-electron chi connectivity index (χ0n) is 20.7. The smallest absolute Gasteiger partial charge is 0.267 e. The van der Waals surface area contributed by atoms with Crippen LogP contribution in [0.3, 0.4) is 0 Å². The molecule has 0 aliphatic carbocycles. The zero-order valence-corrected chi connectivity index (χ0v) is 21.5. The minimum atomic E-state index is -0.189. The predicted molar refractivity (Wildman–Crippen MR) is 143 cm³/mol. The molecule has 35 heavy (non-hydrogen) atoms. The summed E-state index contributed by atoms with van der Waals surface area (Å²) < 4.78 is 0. The molecule has 2 amide bonds. The normalized spacial score (nSPS) is 14.4. The van der Waals surface area contributed by atoms with Crippen LogP contribution in [0.4, 0.5) is 16.5 Å². The quantitative estimate of drug-likeness (QED) is 0.379. The van der Waals surface area contributed by atoms with E-state index in [1.807, 2.05) is 31.2 Å². The first-order chi connectivity index (χ1) is 16.7. The van der Waals surface area contributed by atoms with E-state index in [1.165, 1.54) is 11.3 Å². The molecule has 3 aromatic rings. The molecule has 0 spiro atoms. The van der Waals surface area contributed by atoms with Crippen molar-refractivity contribution in [1.82, 2.24) is 15.6 Å². The summed E-state index contributed by atoms with van der Waals surface area (Å²) in [5.41, 5.74) is 4.21. The van der Waals surface area contributed by atoms with Gasteiger partial charge in [-0.15, -0.1) is 0 Å². The van der Waals surface area contributed by atoms with E-state index in [0.29, 0.717) is 15.6 Å². The van der Waals surface area contributed by atoms with Gasteiger partial charge in [0.2, 0.25) is 0 Å². The van der Waals surface area contributed by atoms with Gasteiger partial charge in [0.25, 0.3) is 11.8 Å². The van der Waals surface area contributed by atoms with Crippen LogP contribution in [0.1, 0.15) is 64.8 Å². The van der Waals surface area contributed by atoms with Crippen LogP contribution in [0.25, 0.3) is 0 Å². The summed E-state index contributed by atoms with van der Waals surface area (Å²) in [5, 5.41) is 13.3. The Morgan fingerprint density at radius 2 is 1.80 bits per heavy atom.